The molecule has 0 radical (unpaired) electrons. The number of halogens is 2. The minimum absolute atomic E-state index is 0.0993. The van der Waals surface area contributed by atoms with Crippen LogP contribution in [0.2, 0.25) is 0 Å². The molecule has 21 heavy (non-hydrogen) atoms. The summed E-state index contributed by atoms with van der Waals surface area (Å²) in [7, 11) is 0. The standard InChI is InChI=1S/C17H15Cl2NO/c18-17(19)11-14(17)16(21)20-15(12-7-3-1-4-8-12)13-9-5-2-6-10-13/h1-10,14-15H,11H2,(H,20,21). The van der Waals surface area contributed by atoms with Crippen LogP contribution in [-0.2, 0) is 4.79 Å². The molecule has 1 N–H and O–H groups in total. The lowest BCUT2D eigenvalue weighted by atomic mass is 9.98. The van der Waals surface area contributed by atoms with Gasteiger partial charge in [-0.3, -0.25) is 4.79 Å². The molecule has 1 aliphatic rings. The maximum atomic E-state index is 12.3. The average molecular weight is 320 g/mol. The average Bonchev–Trinajstić information content (AvgIpc) is 3.15. The van der Waals surface area contributed by atoms with E-state index in [0.717, 1.165) is 11.1 Å². The SMILES string of the molecule is O=C(NC(c1ccccc1)c1ccccc1)C1CC1(Cl)Cl. The molecule has 4 heteroatoms. The van der Waals surface area contributed by atoms with Crippen LogP contribution in [0.1, 0.15) is 23.6 Å². The zero-order valence-electron chi connectivity index (χ0n) is 11.3. The first-order chi connectivity index (χ1) is 10.1. The second-order valence-corrected chi connectivity index (χ2v) is 6.82. The second kappa shape index (κ2) is 5.70. The highest BCUT2D eigenvalue weighted by Crippen LogP contribution is 2.53. The van der Waals surface area contributed by atoms with Crippen molar-refractivity contribution in [2.75, 3.05) is 0 Å². The number of alkyl halides is 2. The van der Waals surface area contributed by atoms with Crippen LogP contribution in [0.4, 0.5) is 0 Å². The molecule has 0 aromatic heterocycles. The van der Waals surface area contributed by atoms with Gasteiger partial charge < -0.3 is 5.32 Å². The lowest BCUT2D eigenvalue weighted by molar-refractivity contribution is -0.122. The number of rotatable bonds is 4. The van der Waals surface area contributed by atoms with Crippen molar-refractivity contribution >= 4 is 29.1 Å². The third kappa shape index (κ3) is 3.22. The molecule has 3 rings (SSSR count). The van der Waals surface area contributed by atoms with Gasteiger partial charge in [-0.2, -0.15) is 0 Å². The van der Waals surface area contributed by atoms with Gasteiger partial charge >= 0.3 is 0 Å². The van der Waals surface area contributed by atoms with Gasteiger partial charge in [-0.1, -0.05) is 60.7 Å². The van der Waals surface area contributed by atoms with E-state index in [4.69, 9.17) is 23.2 Å². The Balaban J connectivity index is 1.85. The van der Waals surface area contributed by atoms with Crippen LogP contribution in [0.5, 0.6) is 0 Å². The normalized spacial score (nSPS) is 19.3. The van der Waals surface area contributed by atoms with Crippen molar-refractivity contribution in [2.24, 2.45) is 5.92 Å². The number of carbonyl (C=O) groups excluding carboxylic acids is 1. The summed E-state index contributed by atoms with van der Waals surface area (Å²) in [6.45, 7) is 0. The predicted octanol–water partition coefficient (Wildman–Crippen LogP) is 4.09. The van der Waals surface area contributed by atoms with E-state index in [0.29, 0.717) is 6.42 Å². The van der Waals surface area contributed by atoms with Crippen molar-refractivity contribution in [1.29, 1.82) is 0 Å². The van der Waals surface area contributed by atoms with Gasteiger partial charge in [0.15, 0.2) is 0 Å². The van der Waals surface area contributed by atoms with Crippen LogP contribution >= 0.6 is 23.2 Å². The van der Waals surface area contributed by atoms with Gasteiger partial charge in [-0.15, -0.1) is 23.2 Å². The Hall–Kier alpha value is -1.51. The van der Waals surface area contributed by atoms with Crippen LogP contribution in [0.25, 0.3) is 0 Å². The van der Waals surface area contributed by atoms with Crippen molar-refractivity contribution in [2.45, 2.75) is 16.8 Å². The quantitative estimate of drug-likeness (QED) is 0.845. The third-order valence-electron chi connectivity index (χ3n) is 3.69. The van der Waals surface area contributed by atoms with Crippen LogP contribution in [0.15, 0.2) is 60.7 Å². The molecule has 1 amide bonds. The molecule has 0 saturated heterocycles. The molecule has 0 spiro atoms. The topological polar surface area (TPSA) is 29.1 Å². The fourth-order valence-corrected chi connectivity index (χ4v) is 2.90. The van der Waals surface area contributed by atoms with Crippen molar-refractivity contribution < 1.29 is 4.79 Å². The van der Waals surface area contributed by atoms with E-state index in [-0.39, 0.29) is 17.9 Å². The minimum atomic E-state index is -0.901. The molecule has 0 bridgehead atoms. The number of hydrogen-bond acceptors (Lipinski definition) is 1. The Morgan fingerprint density at radius 3 is 1.81 bits per heavy atom. The van der Waals surface area contributed by atoms with Gasteiger partial charge in [0.05, 0.1) is 12.0 Å². The highest BCUT2D eigenvalue weighted by molar-refractivity contribution is 6.52. The Kier molecular flexibility index (Phi) is 3.92. The van der Waals surface area contributed by atoms with E-state index in [2.05, 4.69) is 5.32 Å². The summed E-state index contributed by atoms with van der Waals surface area (Å²) < 4.78 is -0.901. The second-order valence-electron chi connectivity index (χ2n) is 5.28. The van der Waals surface area contributed by atoms with Gasteiger partial charge in [-0.05, 0) is 17.5 Å². The van der Waals surface area contributed by atoms with Crippen LogP contribution in [0, 0.1) is 5.92 Å². The molecule has 1 aliphatic carbocycles. The van der Waals surface area contributed by atoms with E-state index in [1.54, 1.807) is 0 Å². The first-order valence-corrected chi connectivity index (χ1v) is 7.61. The Bertz CT molecular complexity index is 588. The molecule has 1 saturated carbocycles. The molecular weight excluding hydrogens is 305 g/mol. The number of amides is 1. The van der Waals surface area contributed by atoms with Crippen molar-refractivity contribution in [3.8, 4) is 0 Å². The molecule has 2 aromatic carbocycles. The van der Waals surface area contributed by atoms with Crippen LogP contribution in [0.3, 0.4) is 0 Å². The van der Waals surface area contributed by atoms with Gasteiger partial charge in [0.1, 0.15) is 4.33 Å². The minimum Gasteiger partial charge on any atom is -0.345 e. The van der Waals surface area contributed by atoms with Crippen molar-refractivity contribution in [3.63, 3.8) is 0 Å². The maximum Gasteiger partial charge on any atom is 0.227 e. The van der Waals surface area contributed by atoms with Crippen LogP contribution < -0.4 is 5.32 Å². The molecule has 0 aliphatic heterocycles. The summed E-state index contributed by atoms with van der Waals surface area (Å²) in [6, 6.07) is 19.6. The smallest absolute Gasteiger partial charge is 0.227 e. The Morgan fingerprint density at radius 1 is 1.00 bits per heavy atom. The fourth-order valence-electron chi connectivity index (χ4n) is 2.39. The van der Waals surface area contributed by atoms with Gasteiger partial charge in [0, 0.05) is 0 Å². The number of nitrogens with one attached hydrogen (secondary N) is 1. The van der Waals surface area contributed by atoms with E-state index in [1.165, 1.54) is 0 Å². The Labute approximate surface area is 134 Å². The highest BCUT2D eigenvalue weighted by atomic mass is 35.5. The lowest BCUT2D eigenvalue weighted by Crippen LogP contribution is -2.31. The predicted molar refractivity (Wildman–Crippen MR) is 85.4 cm³/mol. The molecule has 1 atom stereocenters. The highest BCUT2D eigenvalue weighted by Gasteiger charge is 2.56. The summed E-state index contributed by atoms with van der Waals surface area (Å²) in [6.07, 6.45) is 0.512. The maximum absolute atomic E-state index is 12.3. The van der Waals surface area contributed by atoms with Crippen molar-refractivity contribution in [1.82, 2.24) is 5.32 Å². The van der Waals surface area contributed by atoms with Gasteiger partial charge in [-0.25, -0.2) is 0 Å². The molecule has 1 unspecified atom stereocenters. The molecule has 0 heterocycles. The largest absolute Gasteiger partial charge is 0.345 e. The number of benzene rings is 2. The molecule has 108 valence electrons. The van der Waals surface area contributed by atoms with E-state index < -0.39 is 4.33 Å². The fraction of sp³-hybridized carbons (Fsp3) is 0.235. The summed E-state index contributed by atoms with van der Waals surface area (Å²) in [5, 5.41) is 3.06. The van der Waals surface area contributed by atoms with Crippen LogP contribution in [-0.4, -0.2) is 10.2 Å². The van der Waals surface area contributed by atoms with E-state index >= 15 is 0 Å². The first kappa shape index (κ1) is 14.4. The summed E-state index contributed by atoms with van der Waals surface area (Å²) in [5.74, 6) is -0.423. The monoisotopic (exact) mass is 319 g/mol. The van der Waals surface area contributed by atoms with Gasteiger partial charge in [0.25, 0.3) is 0 Å². The van der Waals surface area contributed by atoms with Crippen molar-refractivity contribution in [3.05, 3.63) is 71.8 Å². The lowest BCUT2D eigenvalue weighted by Gasteiger charge is -2.20. The molecule has 2 aromatic rings. The number of hydrogen-bond donors (Lipinski definition) is 1. The third-order valence-corrected chi connectivity index (χ3v) is 4.53. The summed E-state index contributed by atoms with van der Waals surface area (Å²) in [5.41, 5.74) is 2.07. The van der Waals surface area contributed by atoms with Gasteiger partial charge in [0.2, 0.25) is 5.91 Å². The first-order valence-electron chi connectivity index (χ1n) is 6.86. The molecular formula is C17H15Cl2NO. The zero-order valence-corrected chi connectivity index (χ0v) is 12.8. The summed E-state index contributed by atoms with van der Waals surface area (Å²) >= 11 is 12.0. The van der Waals surface area contributed by atoms with E-state index in [1.807, 2.05) is 60.7 Å². The zero-order chi connectivity index (χ0) is 14.9. The molecule has 2 nitrogen and oxygen atoms in total. The Morgan fingerprint density at radius 2 is 1.43 bits per heavy atom. The molecule has 1 fully saturated rings. The number of carbonyl (C=O) groups is 1. The summed E-state index contributed by atoms with van der Waals surface area (Å²) in [4.78, 5) is 12.3. The van der Waals surface area contributed by atoms with E-state index in [9.17, 15) is 4.79 Å².